The predicted molar refractivity (Wildman–Crippen MR) is 43.9 cm³/mol. The summed E-state index contributed by atoms with van der Waals surface area (Å²) in [4.78, 5) is 2.47. The zero-order valence-corrected chi connectivity index (χ0v) is 7.01. The van der Waals surface area contributed by atoms with E-state index in [4.69, 9.17) is 5.73 Å². The average molecular weight is 142 g/mol. The lowest BCUT2D eigenvalue weighted by Crippen LogP contribution is -2.45. The molecule has 2 atom stereocenters. The number of likely N-dealkylation sites (tertiary alicyclic amines) is 1. The Bertz CT molecular complexity index is 103. The van der Waals surface area contributed by atoms with Crippen molar-refractivity contribution < 1.29 is 0 Å². The molecule has 0 saturated carbocycles. The summed E-state index contributed by atoms with van der Waals surface area (Å²) in [6.07, 6.45) is 1.18. The number of rotatable bonds is 1. The summed E-state index contributed by atoms with van der Waals surface area (Å²) in [6.45, 7) is 8.02. The quantitative estimate of drug-likeness (QED) is 0.583. The van der Waals surface area contributed by atoms with Gasteiger partial charge in [-0.3, -0.25) is 0 Å². The first-order chi connectivity index (χ1) is 4.74. The Labute approximate surface area is 63.4 Å². The van der Waals surface area contributed by atoms with Crippen LogP contribution < -0.4 is 5.73 Å². The van der Waals surface area contributed by atoms with Crippen LogP contribution in [0, 0.1) is 5.92 Å². The molecular weight excluding hydrogens is 124 g/mol. The maximum Gasteiger partial charge on any atom is 0.00889 e. The molecule has 0 spiro atoms. The molecule has 0 aliphatic carbocycles. The Morgan fingerprint density at radius 1 is 1.60 bits per heavy atom. The van der Waals surface area contributed by atoms with E-state index in [-0.39, 0.29) is 0 Å². The van der Waals surface area contributed by atoms with Crippen LogP contribution >= 0.6 is 0 Å². The summed E-state index contributed by atoms with van der Waals surface area (Å²) in [5.41, 5.74) is 5.87. The maximum absolute atomic E-state index is 5.87. The molecule has 2 nitrogen and oxygen atoms in total. The van der Waals surface area contributed by atoms with E-state index in [0.29, 0.717) is 12.0 Å². The summed E-state index contributed by atoms with van der Waals surface area (Å²) >= 11 is 0. The molecule has 1 aliphatic rings. The minimum absolute atomic E-state index is 0.447. The van der Waals surface area contributed by atoms with Crippen LogP contribution in [0.2, 0.25) is 0 Å². The Kier molecular flexibility index (Phi) is 2.69. The molecule has 2 N–H and O–H groups in total. The molecule has 2 heteroatoms. The Hall–Kier alpha value is -0.0800. The Morgan fingerprint density at radius 2 is 2.30 bits per heavy atom. The van der Waals surface area contributed by atoms with Crippen molar-refractivity contribution in [2.45, 2.75) is 26.3 Å². The molecule has 2 unspecified atom stereocenters. The smallest absolute Gasteiger partial charge is 0.00889 e. The topological polar surface area (TPSA) is 29.3 Å². The zero-order chi connectivity index (χ0) is 7.56. The lowest BCUT2D eigenvalue weighted by Gasteiger charge is -2.34. The monoisotopic (exact) mass is 142 g/mol. The average Bonchev–Trinajstić information content (AvgIpc) is 1.95. The van der Waals surface area contributed by atoms with Gasteiger partial charge in [0.15, 0.2) is 0 Å². The third kappa shape index (κ3) is 1.70. The largest absolute Gasteiger partial charge is 0.327 e. The highest BCUT2D eigenvalue weighted by atomic mass is 15.1. The standard InChI is InChI=1S/C8H18N2/c1-3-10-5-4-8(9)7(2)6-10/h7-8H,3-6,9H2,1-2H3. The first-order valence-electron chi connectivity index (χ1n) is 4.22. The van der Waals surface area contributed by atoms with E-state index in [9.17, 15) is 0 Å². The minimum atomic E-state index is 0.447. The lowest BCUT2D eigenvalue weighted by atomic mass is 9.95. The molecule has 0 radical (unpaired) electrons. The third-order valence-electron chi connectivity index (χ3n) is 2.50. The van der Waals surface area contributed by atoms with Gasteiger partial charge in [0.25, 0.3) is 0 Å². The number of hydrogen-bond donors (Lipinski definition) is 1. The van der Waals surface area contributed by atoms with E-state index in [1.807, 2.05) is 0 Å². The van der Waals surface area contributed by atoms with Gasteiger partial charge >= 0.3 is 0 Å². The summed E-state index contributed by atoms with van der Waals surface area (Å²) in [7, 11) is 0. The van der Waals surface area contributed by atoms with Crippen molar-refractivity contribution in [1.29, 1.82) is 0 Å². The molecule has 60 valence electrons. The fraction of sp³-hybridized carbons (Fsp3) is 1.00. The first-order valence-corrected chi connectivity index (χ1v) is 4.22. The molecule has 1 rings (SSSR count). The van der Waals surface area contributed by atoms with E-state index in [1.54, 1.807) is 0 Å². The molecule has 1 fully saturated rings. The molecule has 0 aromatic carbocycles. The molecule has 10 heavy (non-hydrogen) atoms. The van der Waals surface area contributed by atoms with Crippen molar-refractivity contribution >= 4 is 0 Å². The van der Waals surface area contributed by atoms with E-state index < -0.39 is 0 Å². The van der Waals surface area contributed by atoms with Crippen molar-refractivity contribution in [1.82, 2.24) is 4.90 Å². The van der Waals surface area contributed by atoms with E-state index in [2.05, 4.69) is 18.7 Å². The van der Waals surface area contributed by atoms with Crippen LogP contribution in [-0.4, -0.2) is 30.6 Å². The van der Waals surface area contributed by atoms with E-state index >= 15 is 0 Å². The zero-order valence-electron chi connectivity index (χ0n) is 7.01. The molecule has 1 aliphatic heterocycles. The Balaban J connectivity index is 2.33. The summed E-state index contributed by atoms with van der Waals surface area (Å²) < 4.78 is 0. The fourth-order valence-electron chi connectivity index (χ4n) is 1.54. The van der Waals surface area contributed by atoms with Crippen LogP contribution in [-0.2, 0) is 0 Å². The molecule has 0 aromatic rings. The fourth-order valence-corrected chi connectivity index (χ4v) is 1.54. The second-order valence-corrected chi connectivity index (χ2v) is 3.32. The predicted octanol–water partition coefficient (Wildman–Crippen LogP) is 0.675. The SMILES string of the molecule is CCN1CCC(N)C(C)C1. The molecule has 0 bridgehead atoms. The van der Waals surface area contributed by atoms with Crippen LogP contribution in [0.4, 0.5) is 0 Å². The van der Waals surface area contributed by atoms with Crippen molar-refractivity contribution in [3.8, 4) is 0 Å². The Morgan fingerprint density at radius 3 is 2.80 bits per heavy atom. The molecule has 0 aromatic heterocycles. The normalized spacial score (nSPS) is 36.3. The molecule has 1 saturated heterocycles. The molecule has 1 heterocycles. The highest BCUT2D eigenvalue weighted by molar-refractivity contribution is 4.79. The van der Waals surface area contributed by atoms with Gasteiger partial charge in [0, 0.05) is 12.6 Å². The lowest BCUT2D eigenvalue weighted by molar-refractivity contribution is 0.172. The van der Waals surface area contributed by atoms with Crippen molar-refractivity contribution in [2.24, 2.45) is 11.7 Å². The van der Waals surface area contributed by atoms with Gasteiger partial charge < -0.3 is 10.6 Å². The number of nitrogens with zero attached hydrogens (tertiary/aromatic N) is 1. The number of hydrogen-bond acceptors (Lipinski definition) is 2. The van der Waals surface area contributed by atoms with Gasteiger partial charge in [-0.2, -0.15) is 0 Å². The number of piperidine rings is 1. The first kappa shape index (κ1) is 8.02. The van der Waals surface area contributed by atoms with Gasteiger partial charge in [0.1, 0.15) is 0 Å². The van der Waals surface area contributed by atoms with Gasteiger partial charge in [-0.05, 0) is 25.4 Å². The summed E-state index contributed by atoms with van der Waals surface area (Å²) in [5.74, 6) is 0.689. The van der Waals surface area contributed by atoms with Gasteiger partial charge in [-0.1, -0.05) is 13.8 Å². The van der Waals surface area contributed by atoms with Crippen LogP contribution in [0.15, 0.2) is 0 Å². The summed E-state index contributed by atoms with van der Waals surface area (Å²) in [6, 6.07) is 0.447. The van der Waals surface area contributed by atoms with Gasteiger partial charge in [0.05, 0.1) is 0 Å². The van der Waals surface area contributed by atoms with Crippen LogP contribution in [0.25, 0.3) is 0 Å². The second-order valence-electron chi connectivity index (χ2n) is 3.32. The van der Waals surface area contributed by atoms with Crippen LogP contribution in [0.5, 0.6) is 0 Å². The van der Waals surface area contributed by atoms with Crippen molar-refractivity contribution in [2.75, 3.05) is 19.6 Å². The molecule has 0 amide bonds. The van der Waals surface area contributed by atoms with Gasteiger partial charge in [0.2, 0.25) is 0 Å². The van der Waals surface area contributed by atoms with Gasteiger partial charge in [-0.25, -0.2) is 0 Å². The van der Waals surface area contributed by atoms with Crippen LogP contribution in [0.1, 0.15) is 20.3 Å². The summed E-state index contributed by atoms with van der Waals surface area (Å²) in [5, 5.41) is 0. The second kappa shape index (κ2) is 3.35. The maximum atomic E-state index is 5.87. The van der Waals surface area contributed by atoms with Crippen LogP contribution in [0.3, 0.4) is 0 Å². The highest BCUT2D eigenvalue weighted by Gasteiger charge is 2.21. The van der Waals surface area contributed by atoms with Crippen molar-refractivity contribution in [3.05, 3.63) is 0 Å². The van der Waals surface area contributed by atoms with E-state index in [1.165, 1.54) is 26.1 Å². The molecular formula is C8H18N2. The van der Waals surface area contributed by atoms with Crippen molar-refractivity contribution in [3.63, 3.8) is 0 Å². The number of nitrogens with two attached hydrogens (primary N) is 1. The van der Waals surface area contributed by atoms with E-state index in [0.717, 1.165) is 0 Å². The van der Waals surface area contributed by atoms with Gasteiger partial charge in [-0.15, -0.1) is 0 Å². The minimum Gasteiger partial charge on any atom is -0.327 e. The third-order valence-corrected chi connectivity index (χ3v) is 2.50. The highest BCUT2D eigenvalue weighted by Crippen LogP contribution is 2.13.